The highest BCUT2D eigenvalue weighted by Gasteiger charge is 2.31. The molecule has 3 aromatic carbocycles. The fraction of sp³-hybridized carbons (Fsp3) is 0.382. The summed E-state index contributed by atoms with van der Waals surface area (Å²) in [5, 5.41) is 0. The minimum absolute atomic E-state index is 0.249. The smallest absolute Gasteiger partial charge is 0.305 e. The Labute approximate surface area is 237 Å². The number of aryl methyl sites for hydroxylation is 1. The van der Waals surface area contributed by atoms with Gasteiger partial charge in [0.15, 0.2) is 0 Å². The van der Waals surface area contributed by atoms with Gasteiger partial charge in [0, 0.05) is 24.5 Å². The molecule has 1 aliphatic rings. The molecule has 0 amide bonds. The minimum Gasteiger partial charge on any atom is -0.497 e. The molecule has 40 heavy (non-hydrogen) atoms. The Morgan fingerprint density at radius 1 is 0.950 bits per heavy atom. The highest BCUT2D eigenvalue weighted by atomic mass is 19.1. The topological polar surface area (TPSA) is 54.0 Å². The Morgan fingerprint density at radius 3 is 2.33 bits per heavy atom. The van der Waals surface area contributed by atoms with Gasteiger partial charge in [0.05, 0.1) is 20.3 Å². The molecule has 1 saturated carbocycles. The molecule has 5 nitrogen and oxygen atoms in total. The SMILES string of the molecule is C1CC1.C=CC(C)(C)C(OC)c1cc(COc2cccc(CCC(=O)OC)c2)ccc1-c1cc(OC)ccc1F. The van der Waals surface area contributed by atoms with Gasteiger partial charge in [-0.1, -0.05) is 63.5 Å². The number of carbonyl (C=O) groups excluding carboxylic acids is 1. The molecule has 0 N–H and O–H groups in total. The van der Waals surface area contributed by atoms with E-state index in [9.17, 15) is 9.18 Å². The van der Waals surface area contributed by atoms with Crippen LogP contribution in [0.15, 0.2) is 73.3 Å². The monoisotopic (exact) mass is 548 g/mol. The number of ether oxygens (including phenoxy) is 4. The van der Waals surface area contributed by atoms with Gasteiger partial charge in [0.1, 0.15) is 23.9 Å². The van der Waals surface area contributed by atoms with E-state index in [1.54, 1.807) is 26.4 Å². The average molecular weight is 549 g/mol. The Hall–Kier alpha value is -3.64. The molecule has 0 heterocycles. The first-order valence-electron chi connectivity index (χ1n) is 13.6. The largest absolute Gasteiger partial charge is 0.497 e. The van der Waals surface area contributed by atoms with Crippen LogP contribution in [0, 0.1) is 11.2 Å². The fourth-order valence-electron chi connectivity index (χ4n) is 4.25. The van der Waals surface area contributed by atoms with E-state index in [4.69, 9.17) is 18.9 Å². The van der Waals surface area contributed by atoms with Gasteiger partial charge in [-0.2, -0.15) is 0 Å². The maximum absolute atomic E-state index is 15.0. The molecular weight excluding hydrogens is 507 g/mol. The predicted molar refractivity (Wildman–Crippen MR) is 157 cm³/mol. The molecule has 214 valence electrons. The second-order valence-electron chi connectivity index (χ2n) is 10.5. The zero-order chi connectivity index (χ0) is 29.1. The highest BCUT2D eigenvalue weighted by molar-refractivity contribution is 5.71. The highest BCUT2D eigenvalue weighted by Crippen LogP contribution is 2.43. The molecule has 0 radical (unpaired) electrons. The summed E-state index contributed by atoms with van der Waals surface area (Å²) >= 11 is 0. The van der Waals surface area contributed by atoms with Gasteiger partial charge in [-0.15, -0.1) is 6.58 Å². The number of rotatable bonds is 12. The van der Waals surface area contributed by atoms with E-state index in [2.05, 4.69) is 6.58 Å². The Bertz CT molecular complexity index is 1280. The van der Waals surface area contributed by atoms with Gasteiger partial charge in [-0.05, 0) is 65.1 Å². The normalized spacial score (nSPS) is 12.9. The molecule has 0 bridgehead atoms. The molecule has 1 atom stereocenters. The van der Waals surface area contributed by atoms with E-state index in [0.29, 0.717) is 42.1 Å². The predicted octanol–water partition coefficient (Wildman–Crippen LogP) is 8.26. The number of methoxy groups -OCH3 is 3. The Balaban J connectivity index is 0.00000137. The summed E-state index contributed by atoms with van der Waals surface area (Å²) in [5.74, 6) is 0.669. The summed E-state index contributed by atoms with van der Waals surface area (Å²) in [4.78, 5) is 11.5. The van der Waals surface area contributed by atoms with Crippen molar-refractivity contribution in [2.45, 2.75) is 58.7 Å². The van der Waals surface area contributed by atoms with Crippen LogP contribution in [0.5, 0.6) is 11.5 Å². The summed E-state index contributed by atoms with van der Waals surface area (Å²) in [6.07, 6.45) is 6.84. The number of hydrogen-bond donors (Lipinski definition) is 0. The van der Waals surface area contributed by atoms with Crippen LogP contribution in [-0.4, -0.2) is 27.3 Å². The van der Waals surface area contributed by atoms with E-state index < -0.39 is 5.41 Å². The summed E-state index contributed by atoms with van der Waals surface area (Å²) in [7, 11) is 4.58. The molecule has 1 fully saturated rings. The molecule has 0 saturated heterocycles. The lowest BCUT2D eigenvalue weighted by Crippen LogP contribution is -2.22. The molecule has 6 heteroatoms. The minimum atomic E-state index is -0.424. The van der Waals surface area contributed by atoms with E-state index in [0.717, 1.165) is 16.7 Å². The van der Waals surface area contributed by atoms with Gasteiger partial charge in [0.2, 0.25) is 0 Å². The van der Waals surface area contributed by atoms with Crippen LogP contribution in [0.1, 0.15) is 62.3 Å². The van der Waals surface area contributed by atoms with Crippen LogP contribution in [0.3, 0.4) is 0 Å². The molecule has 1 unspecified atom stereocenters. The summed E-state index contributed by atoms with van der Waals surface area (Å²) < 4.78 is 37.1. The molecular formula is C34H41FO5. The fourth-order valence-corrected chi connectivity index (χ4v) is 4.25. The van der Waals surface area contributed by atoms with Gasteiger partial charge in [0.25, 0.3) is 0 Å². The van der Waals surface area contributed by atoms with Crippen molar-refractivity contribution in [3.05, 3.63) is 95.8 Å². The second kappa shape index (κ2) is 14.7. The van der Waals surface area contributed by atoms with E-state index in [1.807, 2.05) is 62.4 Å². The number of esters is 1. The number of carbonyl (C=O) groups is 1. The van der Waals surface area contributed by atoms with Crippen LogP contribution in [-0.2, 0) is 27.3 Å². The lowest BCUT2D eigenvalue weighted by molar-refractivity contribution is -0.140. The molecule has 4 rings (SSSR count). The van der Waals surface area contributed by atoms with Crippen LogP contribution in [0.4, 0.5) is 4.39 Å². The van der Waals surface area contributed by atoms with Crippen molar-refractivity contribution < 1.29 is 28.1 Å². The standard InChI is InChI=1S/C31H35FO5.C3H6/c1-7-31(2,3)30(36-6)27-18-22(11-14-25(27)26-19-23(34-4)13-15-28(26)32)20-37-24-10-8-9-21(17-24)12-16-29(33)35-5;1-2-3-1/h7-11,13-15,17-19,30H,1,12,16,20H2,2-6H3;1-3H2. The maximum atomic E-state index is 15.0. The lowest BCUT2D eigenvalue weighted by Gasteiger charge is -2.32. The van der Waals surface area contributed by atoms with Crippen LogP contribution in [0.25, 0.3) is 11.1 Å². The van der Waals surface area contributed by atoms with E-state index in [-0.39, 0.29) is 17.9 Å². The zero-order valence-electron chi connectivity index (χ0n) is 24.3. The number of benzene rings is 3. The van der Waals surface area contributed by atoms with Crippen molar-refractivity contribution in [3.63, 3.8) is 0 Å². The number of halogens is 1. The quantitative estimate of drug-likeness (QED) is 0.168. The van der Waals surface area contributed by atoms with Crippen molar-refractivity contribution in [3.8, 4) is 22.6 Å². The average Bonchev–Trinajstić information content (AvgIpc) is 3.86. The lowest BCUT2D eigenvalue weighted by atomic mass is 9.79. The summed E-state index contributed by atoms with van der Waals surface area (Å²) in [6.45, 7) is 8.35. The Morgan fingerprint density at radius 2 is 1.70 bits per heavy atom. The third-order valence-corrected chi connectivity index (χ3v) is 6.80. The second-order valence-corrected chi connectivity index (χ2v) is 10.5. The van der Waals surface area contributed by atoms with Crippen molar-refractivity contribution in [2.75, 3.05) is 21.3 Å². The third kappa shape index (κ3) is 8.68. The first-order chi connectivity index (χ1) is 19.2. The molecule has 3 aromatic rings. The van der Waals surface area contributed by atoms with Crippen LogP contribution in [0.2, 0.25) is 0 Å². The maximum Gasteiger partial charge on any atom is 0.305 e. The summed E-state index contributed by atoms with van der Waals surface area (Å²) in [5.41, 5.74) is 3.44. The van der Waals surface area contributed by atoms with Crippen molar-refractivity contribution >= 4 is 5.97 Å². The van der Waals surface area contributed by atoms with Crippen LogP contribution >= 0.6 is 0 Å². The van der Waals surface area contributed by atoms with Gasteiger partial charge in [-0.25, -0.2) is 4.39 Å². The van der Waals surface area contributed by atoms with E-state index in [1.165, 1.54) is 32.4 Å². The van der Waals surface area contributed by atoms with Crippen molar-refractivity contribution in [2.24, 2.45) is 5.41 Å². The summed E-state index contributed by atoms with van der Waals surface area (Å²) in [6, 6.07) is 18.2. The molecule has 1 aliphatic carbocycles. The van der Waals surface area contributed by atoms with E-state index >= 15 is 0 Å². The molecule has 0 aliphatic heterocycles. The van der Waals surface area contributed by atoms with Crippen molar-refractivity contribution in [1.29, 1.82) is 0 Å². The van der Waals surface area contributed by atoms with Gasteiger partial charge >= 0.3 is 5.97 Å². The first kappa shape index (κ1) is 30.9. The Kier molecular flexibility index (Phi) is 11.3. The third-order valence-electron chi connectivity index (χ3n) is 6.80. The number of hydrogen-bond acceptors (Lipinski definition) is 5. The molecule has 0 spiro atoms. The molecule has 0 aromatic heterocycles. The zero-order valence-corrected chi connectivity index (χ0v) is 24.3. The van der Waals surface area contributed by atoms with Crippen molar-refractivity contribution in [1.82, 2.24) is 0 Å². The van der Waals surface area contributed by atoms with Crippen LogP contribution < -0.4 is 9.47 Å². The van der Waals surface area contributed by atoms with Gasteiger partial charge < -0.3 is 18.9 Å². The first-order valence-corrected chi connectivity index (χ1v) is 13.6. The van der Waals surface area contributed by atoms with Gasteiger partial charge in [-0.3, -0.25) is 4.79 Å².